The van der Waals surface area contributed by atoms with E-state index in [0.717, 1.165) is 25.2 Å². The lowest BCUT2D eigenvalue weighted by Crippen LogP contribution is -2.26. The Hall–Kier alpha value is -1.02. The molecule has 1 heterocycles. The Morgan fingerprint density at radius 2 is 2.06 bits per heavy atom. The van der Waals surface area contributed by atoms with Gasteiger partial charge in [-0.25, -0.2) is 0 Å². The van der Waals surface area contributed by atoms with Crippen LogP contribution in [-0.4, -0.2) is 6.61 Å². The average Bonchev–Trinajstić information content (AvgIpc) is 2.26. The van der Waals surface area contributed by atoms with Crippen LogP contribution in [-0.2, 0) is 6.42 Å². The molecule has 88 valence electrons. The van der Waals surface area contributed by atoms with Crippen LogP contribution in [0.3, 0.4) is 0 Å². The van der Waals surface area contributed by atoms with E-state index in [0.29, 0.717) is 0 Å². The number of ether oxygens (including phenoxy) is 1. The summed E-state index contributed by atoms with van der Waals surface area (Å²) in [5.74, 6) is 1.04. The Morgan fingerprint density at radius 1 is 1.31 bits per heavy atom. The largest absolute Gasteiger partial charge is 0.493 e. The van der Waals surface area contributed by atoms with E-state index < -0.39 is 0 Å². The average molecular weight is 219 g/mol. The van der Waals surface area contributed by atoms with Crippen LogP contribution in [0.2, 0.25) is 0 Å². The first kappa shape index (κ1) is 11.5. The van der Waals surface area contributed by atoms with E-state index in [-0.39, 0.29) is 11.5 Å². The van der Waals surface area contributed by atoms with E-state index in [1.54, 1.807) is 0 Å². The maximum absolute atomic E-state index is 6.26. The number of hydrogen-bond acceptors (Lipinski definition) is 2. The first-order chi connectivity index (χ1) is 7.48. The maximum Gasteiger partial charge on any atom is 0.122 e. The SMILES string of the molecule is CC(C)(C)C(N)c1ccc2c(c1)CCCO2. The van der Waals surface area contributed by atoms with Crippen molar-refractivity contribution in [3.05, 3.63) is 29.3 Å². The van der Waals surface area contributed by atoms with Gasteiger partial charge in [0.1, 0.15) is 5.75 Å². The van der Waals surface area contributed by atoms with E-state index in [1.165, 1.54) is 11.1 Å². The van der Waals surface area contributed by atoms with Gasteiger partial charge in [-0.3, -0.25) is 0 Å². The minimum Gasteiger partial charge on any atom is -0.493 e. The van der Waals surface area contributed by atoms with Crippen LogP contribution >= 0.6 is 0 Å². The highest BCUT2D eigenvalue weighted by Crippen LogP contribution is 2.34. The topological polar surface area (TPSA) is 35.2 Å². The number of aryl methyl sites for hydroxylation is 1. The second-order valence-electron chi connectivity index (χ2n) is 5.66. The third-order valence-corrected chi connectivity index (χ3v) is 3.22. The van der Waals surface area contributed by atoms with Gasteiger partial charge < -0.3 is 10.5 Å². The summed E-state index contributed by atoms with van der Waals surface area (Å²) >= 11 is 0. The number of rotatable bonds is 1. The molecule has 0 radical (unpaired) electrons. The molecule has 16 heavy (non-hydrogen) atoms. The smallest absolute Gasteiger partial charge is 0.122 e. The van der Waals surface area contributed by atoms with E-state index in [9.17, 15) is 0 Å². The van der Waals surface area contributed by atoms with Crippen LogP contribution in [0.4, 0.5) is 0 Å². The molecule has 0 saturated carbocycles. The Morgan fingerprint density at radius 3 is 2.75 bits per heavy atom. The standard InChI is InChI=1S/C14H21NO/c1-14(2,3)13(15)11-6-7-12-10(9-11)5-4-8-16-12/h6-7,9,13H,4-5,8,15H2,1-3H3. The van der Waals surface area contributed by atoms with Crippen molar-refractivity contribution in [3.8, 4) is 5.75 Å². The fourth-order valence-corrected chi connectivity index (χ4v) is 2.07. The zero-order valence-corrected chi connectivity index (χ0v) is 10.4. The van der Waals surface area contributed by atoms with E-state index >= 15 is 0 Å². The van der Waals surface area contributed by atoms with Crippen LogP contribution in [0.25, 0.3) is 0 Å². The van der Waals surface area contributed by atoms with Crippen molar-refractivity contribution >= 4 is 0 Å². The third kappa shape index (κ3) is 2.22. The second-order valence-corrected chi connectivity index (χ2v) is 5.66. The molecule has 0 aromatic heterocycles. The summed E-state index contributed by atoms with van der Waals surface area (Å²) in [6.45, 7) is 7.37. The van der Waals surface area contributed by atoms with Gasteiger partial charge in [0, 0.05) is 6.04 Å². The predicted molar refractivity (Wildman–Crippen MR) is 66.6 cm³/mol. The van der Waals surface area contributed by atoms with Crippen molar-refractivity contribution < 1.29 is 4.74 Å². The van der Waals surface area contributed by atoms with Gasteiger partial charge in [0.2, 0.25) is 0 Å². The Balaban J connectivity index is 2.30. The van der Waals surface area contributed by atoms with Crippen molar-refractivity contribution in [2.45, 2.75) is 39.7 Å². The molecule has 0 spiro atoms. The lowest BCUT2D eigenvalue weighted by Gasteiger charge is -2.28. The van der Waals surface area contributed by atoms with Gasteiger partial charge in [-0.05, 0) is 35.4 Å². The molecule has 2 heteroatoms. The van der Waals surface area contributed by atoms with Gasteiger partial charge in [-0.2, -0.15) is 0 Å². The molecule has 1 unspecified atom stereocenters. The third-order valence-electron chi connectivity index (χ3n) is 3.22. The molecule has 0 bridgehead atoms. The number of benzene rings is 1. The second kappa shape index (κ2) is 4.10. The fourth-order valence-electron chi connectivity index (χ4n) is 2.07. The monoisotopic (exact) mass is 219 g/mol. The van der Waals surface area contributed by atoms with Gasteiger partial charge in [-0.15, -0.1) is 0 Å². The van der Waals surface area contributed by atoms with Crippen LogP contribution in [0, 0.1) is 5.41 Å². The fraction of sp³-hybridized carbons (Fsp3) is 0.571. The molecule has 1 aliphatic rings. The first-order valence-corrected chi connectivity index (χ1v) is 6.00. The summed E-state index contributed by atoms with van der Waals surface area (Å²) in [6, 6.07) is 6.46. The summed E-state index contributed by atoms with van der Waals surface area (Å²) in [5, 5.41) is 0. The summed E-state index contributed by atoms with van der Waals surface area (Å²) in [7, 11) is 0. The van der Waals surface area contributed by atoms with Gasteiger partial charge in [-0.1, -0.05) is 32.9 Å². The molecule has 2 rings (SSSR count). The van der Waals surface area contributed by atoms with E-state index in [4.69, 9.17) is 10.5 Å². The molecular formula is C14H21NO. The zero-order chi connectivity index (χ0) is 11.8. The quantitative estimate of drug-likeness (QED) is 0.788. The molecule has 0 fully saturated rings. The minimum absolute atomic E-state index is 0.0831. The first-order valence-electron chi connectivity index (χ1n) is 6.00. The van der Waals surface area contributed by atoms with Gasteiger partial charge in [0.05, 0.1) is 6.61 Å². The number of nitrogens with two attached hydrogens (primary N) is 1. The molecule has 1 aliphatic heterocycles. The number of fused-ring (bicyclic) bond motifs is 1. The Labute approximate surface area is 97.8 Å². The van der Waals surface area contributed by atoms with Crippen LogP contribution in [0.5, 0.6) is 5.75 Å². The van der Waals surface area contributed by atoms with Crippen molar-refractivity contribution in [1.29, 1.82) is 0 Å². The Kier molecular flexibility index (Phi) is 2.94. The van der Waals surface area contributed by atoms with Crippen molar-refractivity contribution in [2.24, 2.45) is 11.1 Å². The highest BCUT2D eigenvalue weighted by molar-refractivity contribution is 5.39. The van der Waals surface area contributed by atoms with E-state index in [2.05, 4.69) is 39.0 Å². The molecule has 0 aliphatic carbocycles. The van der Waals surface area contributed by atoms with Crippen molar-refractivity contribution in [3.63, 3.8) is 0 Å². The molecule has 1 atom stereocenters. The van der Waals surface area contributed by atoms with Crippen LogP contribution in [0.1, 0.15) is 44.4 Å². The van der Waals surface area contributed by atoms with E-state index in [1.807, 2.05) is 0 Å². The van der Waals surface area contributed by atoms with Crippen LogP contribution in [0.15, 0.2) is 18.2 Å². The summed E-state index contributed by atoms with van der Waals surface area (Å²) in [5.41, 5.74) is 8.89. The molecule has 1 aromatic carbocycles. The van der Waals surface area contributed by atoms with Crippen LogP contribution < -0.4 is 10.5 Å². The lowest BCUT2D eigenvalue weighted by molar-refractivity contribution is 0.287. The highest BCUT2D eigenvalue weighted by atomic mass is 16.5. The van der Waals surface area contributed by atoms with Gasteiger partial charge in [0.15, 0.2) is 0 Å². The van der Waals surface area contributed by atoms with Gasteiger partial charge >= 0.3 is 0 Å². The predicted octanol–water partition coefficient (Wildman–Crippen LogP) is 3.06. The molecule has 2 N–H and O–H groups in total. The lowest BCUT2D eigenvalue weighted by atomic mass is 9.82. The highest BCUT2D eigenvalue weighted by Gasteiger charge is 2.23. The normalized spacial score (nSPS) is 17.5. The van der Waals surface area contributed by atoms with Crippen molar-refractivity contribution in [1.82, 2.24) is 0 Å². The molecule has 2 nitrogen and oxygen atoms in total. The molecule has 0 saturated heterocycles. The Bertz CT molecular complexity index is 379. The molecule has 1 aromatic rings. The summed E-state index contributed by atoms with van der Waals surface area (Å²) in [4.78, 5) is 0. The number of hydrogen-bond donors (Lipinski definition) is 1. The molecule has 0 amide bonds. The van der Waals surface area contributed by atoms with Gasteiger partial charge in [0.25, 0.3) is 0 Å². The molecular weight excluding hydrogens is 198 g/mol. The zero-order valence-electron chi connectivity index (χ0n) is 10.4. The van der Waals surface area contributed by atoms with Crippen molar-refractivity contribution in [2.75, 3.05) is 6.61 Å². The maximum atomic E-state index is 6.26. The minimum atomic E-state index is 0.0831. The summed E-state index contributed by atoms with van der Waals surface area (Å²) in [6.07, 6.45) is 2.22. The summed E-state index contributed by atoms with van der Waals surface area (Å²) < 4.78 is 5.60.